The van der Waals surface area contributed by atoms with Gasteiger partial charge < -0.3 is 9.88 Å². The standard InChI is InChI=1S/C18H23ClN4OS/c1-12-15(19)9-6-10-16(12)20-17(24)11-25-18-22-21-13(2)23(18)14-7-4-3-5-8-14/h6,9-10,14H,3-5,7-8,11H2,1-2H3,(H,20,24). The van der Waals surface area contributed by atoms with E-state index in [1.54, 1.807) is 0 Å². The van der Waals surface area contributed by atoms with Gasteiger partial charge in [-0.2, -0.15) is 0 Å². The Morgan fingerprint density at radius 1 is 1.28 bits per heavy atom. The Morgan fingerprint density at radius 3 is 2.80 bits per heavy atom. The number of thioether (sulfide) groups is 1. The van der Waals surface area contributed by atoms with Gasteiger partial charge in [0.15, 0.2) is 5.16 Å². The van der Waals surface area contributed by atoms with E-state index >= 15 is 0 Å². The number of nitrogens with zero attached hydrogens (tertiary/aromatic N) is 3. The quantitative estimate of drug-likeness (QED) is 0.760. The summed E-state index contributed by atoms with van der Waals surface area (Å²) in [6.45, 7) is 3.88. The van der Waals surface area contributed by atoms with Crippen molar-refractivity contribution in [3.05, 3.63) is 34.6 Å². The summed E-state index contributed by atoms with van der Waals surface area (Å²) in [7, 11) is 0. The van der Waals surface area contributed by atoms with Gasteiger partial charge >= 0.3 is 0 Å². The molecular formula is C18H23ClN4OS. The first kappa shape index (κ1) is 18.3. The SMILES string of the molecule is Cc1c(Cl)cccc1NC(=O)CSc1nnc(C)n1C1CCCCC1. The van der Waals surface area contributed by atoms with Gasteiger partial charge in [0.25, 0.3) is 0 Å². The number of carbonyl (C=O) groups is 1. The molecule has 1 N–H and O–H groups in total. The number of hydrogen-bond acceptors (Lipinski definition) is 4. The van der Waals surface area contributed by atoms with E-state index < -0.39 is 0 Å². The molecule has 5 nitrogen and oxygen atoms in total. The van der Waals surface area contributed by atoms with E-state index in [0.717, 1.165) is 22.2 Å². The van der Waals surface area contributed by atoms with Crippen molar-refractivity contribution in [1.82, 2.24) is 14.8 Å². The maximum Gasteiger partial charge on any atom is 0.234 e. The number of carbonyl (C=O) groups excluding carboxylic acids is 1. The molecule has 134 valence electrons. The number of aryl methyl sites for hydroxylation is 1. The fourth-order valence-corrected chi connectivity index (χ4v) is 4.29. The molecule has 0 aliphatic heterocycles. The lowest BCUT2D eigenvalue weighted by Gasteiger charge is -2.24. The Kier molecular flexibility index (Phi) is 6.02. The zero-order valence-corrected chi connectivity index (χ0v) is 16.2. The largest absolute Gasteiger partial charge is 0.325 e. The first-order valence-electron chi connectivity index (χ1n) is 8.65. The number of hydrogen-bond donors (Lipinski definition) is 1. The van der Waals surface area contributed by atoms with Gasteiger partial charge in [0.1, 0.15) is 5.82 Å². The van der Waals surface area contributed by atoms with Crippen molar-refractivity contribution in [1.29, 1.82) is 0 Å². The van der Waals surface area contributed by atoms with Crippen LogP contribution in [-0.2, 0) is 4.79 Å². The van der Waals surface area contributed by atoms with E-state index in [1.165, 1.54) is 43.9 Å². The van der Waals surface area contributed by atoms with E-state index in [2.05, 4.69) is 20.1 Å². The van der Waals surface area contributed by atoms with Gasteiger partial charge in [-0.15, -0.1) is 10.2 Å². The molecule has 0 spiro atoms. The highest BCUT2D eigenvalue weighted by atomic mass is 35.5. The molecule has 0 bridgehead atoms. The Balaban J connectivity index is 1.63. The third-order valence-electron chi connectivity index (χ3n) is 4.65. The fraction of sp³-hybridized carbons (Fsp3) is 0.500. The molecule has 1 fully saturated rings. The molecule has 1 aromatic carbocycles. The monoisotopic (exact) mass is 378 g/mol. The summed E-state index contributed by atoms with van der Waals surface area (Å²) in [4.78, 5) is 12.3. The average molecular weight is 379 g/mol. The highest BCUT2D eigenvalue weighted by Gasteiger charge is 2.21. The molecule has 1 saturated carbocycles. The number of halogens is 1. The van der Waals surface area contributed by atoms with Crippen LogP contribution in [0.4, 0.5) is 5.69 Å². The van der Waals surface area contributed by atoms with Crippen molar-refractivity contribution in [2.45, 2.75) is 57.1 Å². The second-order valence-electron chi connectivity index (χ2n) is 6.44. The Hall–Kier alpha value is -1.53. The van der Waals surface area contributed by atoms with Gasteiger partial charge in [0, 0.05) is 16.8 Å². The van der Waals surface area contributed by atoms with Gasteiger partial charge in [-0.1, -0.05) is 48.7 Å². The number of amides is 1. The van der Waals surface area contributed by atoms with Gasteiger partial charge in [-0.05, 0) is 44.4 Å². The van der Waals surface area contributed by atoms with Crippen molar-refractivity contribution in [3.8, 4) is 0 Å². The molecule has 1 aliphatic carbocycles. The second kappa shape index (κ2) is 8.23. The van der Waals surface area contributed by atoms with E-state index in [-0.39, 0.29) is 5.91 Å². The van der Waals surface area contributed by atoms with Crippen LogP contribution in [0.3, 0.4) is 0 Å². The fourth-order valence-electron chi connectivity index (χ4n) is 3.27. The molecule has 2 aromatic rings. The van der Waals surface area contributed by atoms with Gasteiger partial charge in [-0.25, -0.2) is 0 Å². The summed E-state index contributed by atoms with van der Waals surface area (Å²) < 4.78 is 2.21. The summed E-state index contributed by atoms with van der Waals surface area (Å²) in [6, 6.07) is 5.97. The molecular weight excluding hydrogens is 356 g/mol. The average Bonchev–Trinajstić information content (AvgIpc) is 2.98. The van der Waals surface area contributed by atoms with Crippen LogP contribution in [0.1, 0.15) is 49.5 Å². The molecule has 1 aliphatic rings. The Morgan fingerprint density at radius 2 is 2.04 bits per heavy atom. The van der Waals surface area contributed by atoms with Gasteiger partial charge in [0.05, 0.1) is 5.75 Å². The molecule has 0 saturated heterocycles. The lowest BCUT2D eigenvalue weighted by Crippen LogP contribution is -2.17. The number of benzene rings is 1. The van der Waals surface area contributed by atoms with Crippen LogP contribution in [0.15, 0.2) is 23.4 Å². The third kappa shape index (κ3) is 4.36. The zero-order valence-electron chi connectivity index (χ0n) is 14.6. The molecule has 1 aromatic heterocycles. The summed E-state index contributed by atoms with van der Waals surface area (Å²) in [5, 5.41) is 12.9. The molecule has 7 heteroatoms. The van der Waals surface area contributed by atoms with Crippen LogP contribution in [0.25, 0.3) is 0 Å². The van der Waals surface area contributed by atoms with Crippen molar-refractivity contribution in [2.24, 2.45) is 0 Å². The topological polar surface area (TPSA) is 59.8 Å². The smallest absolute Gasteiger partial charge is 0.234 e. The summed E-state index contributed by atoms with van der Waals surface area (Å²) in [5.74, 6) is 1.17. The number of nitrogens with one attached hydrogen (secondary N) is 1. The first-order chi connectivity index (χ1) is 12.1. The molecule has 0 radical (unpaired) electrons. The number of aromatic nitrogens is 3. The molecule has 3 rings (SSSR count). The van der Waals surface area contributed by atoms with Crippen LogP contribution in [0.2, 0.25) is 5.02 Å². The minimum absolute atomic E-state index is 0.0637. The molecule has 1 heterocycles. The summed E-state index contributed by atoms with van der Waals surface area (Å²) in [5.41, 5.74) is 1.63. The molecule has 1 amide bonds. The Bertz CT molecular complexity index is 756. The predicted molar refractivity (Wildman–Crippen MR) is 102 cm³/mol. The number of rotatable bonds is 5. The van der Waals surface area contributed by atoms with Gasteiger partial charge in [-0.3, -0.25) is 4.79 Å². The third-order valence-corrected chi connectivity index (χ3v) is 6.00. The van der Waals surface area contributed by atoms with Crippen molar-refractivity contribution in [3.63, 3.8) is 0 Å². The van der Waals surface area contributed by atoms with E-state index in [0.29, 0.717) is 16.8 Å². The minimum Gasteiger partial charge on any atom is -0.325 e. The zero-order chi connectivity index (χ0) is 17.8. The van der Waals surface area contributed by atoms with E-state index in [4.69, 9.17) is 11.6 Å². The van der Waals surface area contributed by atoms with Gasteiger partial charge in [0.2, 0.25) is 5.91 Å². The number of anilines is 1. The van der Waals surface area contributed by atoms with Crippen LogP contribution < -0.4 is 5.32 Å². The lowest BCUT2D eigenvalue weighted by atomic mass is 9.95. The van der Waals surface area contributed by atoms with E-state index in [1.807, 2.05) is 32.0 Å². The maximum atomic E-state index is 12.3. The molecule has 0 unspecified atom stereocenters. The van der Waals surface area contributed by atoms with Crippen LogP contribution in [-0.4, -0.2) is 26.4 Å². The molecule has 25 heavy (non-hydrogen) atoms. The van der Waals surface area contributed by atoms with Crippen molar-refractivity contribution in [2.75, 3.05) is 11.1 Å². The molecule has 0 atom stereocenters. The Labute approximate surface area is 157 Å². The summed E-state index contributed by atoms with van der Waals surface area (Å²) in [6.07, 6.45) is 6.14. The predicted octanol–water partition coefficient (Wildman–Crippen LogP) is 4.78. The highest BCUT2D eigenvalue weighted by Crippen LogP contribution is 2.32. The first-order valence-corrected chi connectivity index (χ1v) is 10.0. The summed E-state index contributed by atoms with van der Waals surface area (Å²) >= 11 is 7.54. The minimum atomic E-state index is -0.0637. The normalized spacial score (nSPS) is 15.3. The highest BCUT2D eigenvalue weighted by molar-refractivity contribution is 7.99. The van der Waals surface area contributed by atoms with E-state index in [9.17, 15) is 4.79 Å². The van der Waals surface area contributed by atoms with Crippen molar-refractivity contribution < 1.29 is 4.79 Å². The second-order valence-corrected chi connectivity index (χ2v) is 7.79. The maximum absolute atomic E-state index is 12.3. The van der Waals surface area contributed by atoms with Crippen LogP contribution in [0, 0.1) is 13.8 Å². The van der Waals surface area contributed by atoms with Crippen LogP contribution in [0.5, 0.6) is 0 Å². The lowest BCUT2D eigenvalue weighted by molar-refractivity contribution is -0.113. The van der Waals surface area contributed by atoms with Crippen molar-refractivity contribution >= 4 is 35.0 Å². The van der Waals surface area contributed by atoms with Crippen LogP contribution >= 0.6 is 23.4 Å².